The van der Waals surface area contributed by atoms with E-state index < -0.39 is 0 Å². The number of carbonyl (C=O) groups is 1. The highest BCUT2D eigenvalue weighted by Gasteiger charge is 2.04. The molecule has 0 atom stereocenters. The minimum absolute atomic E-state index is 0.326. The van der Waals surface area contributed by atoms with Crippen molar-refractivity contribution in [1.82, 2.24) is 0 Å². The predicted molar refractivity (Wildman–Crippen MR) is 54.0 cm³/mol. The van der Waals surface area contributed by atoms with Crippen molar-refractivity contribution >= 4 is 33.7 Å². The summed E-state index contributed by atoms with van der Waals surface area (Å²) in [5.41, 5.74) is 1.63. The number of nitrogens with zero attached hydrogens (tertiary/aromatic N) is 1. The highest BCUT2D eigenvalue weighted by Crippen LogP contribution is 2.30. The van der Waals surface area contributed by atoms with Gasteiger partial charge in [0.15, 0.2) is 0 Å². The van der Waals surface area contributed by atoms with Crippen molar-refractivity contribution in [3.63, 3.8) is 0 Å². The third kappa shape index (κ3) is 2.12. The van der Waals surface area contributed by atoms with E-state index in [0.717, 1.165) is 10.0 Å². The van der Waals surface area contributed by atoms with E-state index in [-0.39, 0.29) is 0 Å². The summed E-state index contributed by atoms with van der Waals surface area (Å²) < 4.78 is 0.726. The molecule has 0 saturated carbocycles. The van der Waals surface area contributed by atoms with Crippen LogP contribution in [-0.2, 0) is 4.79 Å². The number of aryl methyl sites for hydroxylation is 1. The molecule has 5 heteroatoms. The van der Waals surface area contributed by atoms with Gasteiger partial charge in [-0.2, -0.15) is 0 Å². The van der Waals surface area contributed by atoms with Crippen molar-refractivity contribution in [2.75, 3.05) is 5.32 Å². The lowest BCUT2D eigenvalue weighted by molar-refractivity contribution is -0.105. The van der Waals surface area contributed by atoms with Gasteiger partial charge in [0.25, 0.3) is 0 Å². The predicted octanol–water partition coefficient (Wildman–Crippen LogP) is 2.72. The zero-order valence-corrected chi connectivity index (χ0v) is 8.46. The molecule has 1 amide bonds. The molecule has 1 aromatic rings. The van der Waals surface area contributed by atoms with Crippen LogP contribution in [-0.4, -0.2) is 6.41 Å². The summed E-state index contributed by atoms with van der Waals surface area (Å²) in [6, 6.07) is 3.24. The number of rotatable bonds is 3. The van der Waals surface area contributed by atoms with Gasteiger partial charge < -0.3 is 5.32 Å². The van der Waals surface area contributed by atoms with Crippen molar-refractivity contribution in [3.8, 4) is 0 Å². The maximum absolute atomic E-state index is 10.3. The highest BCUT2D eigenvalue weighted by molar-refractivity contribution is 9.10. The van der Waals surface area contributed by atoms with Crippen molar-refractivity contribution < 1.29 is 4.79 Å². The molecule has 0 spiro atoms. The van der Waals surface area contributed by atoms with Gasteiger partial charge in [-0.05, 0) is 45.7 Å². The Bertz CT molecular complexity index is 352. The van der Waals surface area contributed by atoms with Gasteiger partial charge >= 0.3 is 0 Å². The number of nitrogens with one attached hydrogen (secondary N) is 1. The lowest BCUT2D eigenvalue weighted by atomic mass is 10.2. The molecule has 0 radical (unpaired) electrons. The van der Waals surface area contributed by atoms with Gasteiger partial charge in [-0.25, -0.2) is 0 Å². The largest absolute Gasteiger partial charge is 0.328 e. The normalized spacial score (nSPS) is 9.38. The Kier molecular flexibility index (Phi) is 3.13. The van der Waals surface area contributed by atoms with Crippen LogP contribution in [0, 0.1) is 11.8 Å². The van der Waals surface area contributed by atoms with Gasteiger partial charge in [0.1, 0.15) is 5.69 Å². The first-order valence-electron chi connectivity index (χ1n) is 3.52. The Morgan fingerprint density at radius 1 is 1.54 bits per heavy atom. The molecule has 0 bridgehead atoms. The first kappa shape index (κ1) is 9.85. The molecule has 1 aromatic carbocycles. The molecule has 13 heavy (non-hydrogen) atoms. The summed E-state index contributed by atoms with van der Waals surface area (Å²) >= 11 is 3.25. The molecule has 1 N–H and O–H groups in total. The second kappa shape index (κ2) is 4.13. The number of hydrogen-bond donors (Lipinski definition) is 1. The lowest BCUT2D eigenvalue weighted by Crippen LogP contribution is -1.94. The molecule has 0 unspecified atom stereocenters. The van der Waals surface area contributed by atoms with Crippen LogP contribution in [0.4, 0.5) is 11.4 Å². The van der Waals surface area contributed by atoms with Crippen LogP contribution in [0.3, 0.4) is 0 Å². The van der Waals surface area contributed by atoms with E-state index in [1.165, 1.54) is 6.07 Å². The van der Waals surface area contributed by atoms with Gasteiger partial charge in [-0.3, -0.25) is 4.79 Å². The topological polar surface area (TPSA) is 58.5 Å². The maximum atomic E-state index is 10.3. The van der Waals surface area contributed by atoms with Gasteiger partial charge in [-0.1, -0.05) is 0 Å². The number of halogens is 1. The van der Waals surface area contributed by atoms with Crippen molar-refractivity contribution in [1.29, 1.82) is 0 Å². The van der Waals surface area contributed by atoms with Crippen molar-refractivity contribution in [2.45, 2.75) is 6.92 Å². The average Bonchev–Trinajstić information content (AvgIpc) is 2.10. The Hall–Kier alpha value is -1.23. The molecular weight excluding hydrogens is 236 g/mol. The van der Waals surface area contributed by atoms with E-state index in [2.05, 4.69) is 26.4 Å². The molecule has 0 aliphatic carbocycles. The van der Waals surface area contributed by atoms with Crippen LogP contribution in [0.1, 0.15) is 5.56 Å². The molecule has 0 aliphatic rings. The van der Waals surface area contributed by atoms with Gasteiger partial charge in [-0.15, -0.1) is 4.91 Å². The summed E-state index contributed by atoms with van der Waals surface area (Å²) in [4.78, 5) is 20.5. The van der Waals surface area contributed by atoms with Crippen molar-refractivity contribution in [2.24, 2.45) is 5.18 Å². The zero-order chi connectivity index (χ0) is 9.84. The van der Waals surface area contributed by atoms with Crippen molar-refractivity contribution in [3.05, 3.63) is 27.1 Å². The number of anilines is 1. The molecule has 0 saturated heterocycles. The number of benzene rings is 1. The van der Waals surface area contributed by atoms with E-state index >= 15 is 0 Å². The van der Waals surface area contributed by atoms with Crippen LogP contribution in [0.2, 0.25) is 0 Å². The standard InChI is InChI=1S/C8H7BrN2O2/c1-5-2-6(9)8(10-4-12)3-7(5)11-13/h2-4H,1H3,(H,10,12). The van der Waals surface area contributed by atoms with E-state index in [4.69, 9.17) is 0 Å². The number of hydrogen-bond acceptors (Lipinski definition) is 3. The Labute approximate surface area is 83.4 Å². The highest BCUT2D eigenvalue weighted by atomic mass is 79.9. The van der Waals surface area contributed by atoms with Gasteiger partial charge in [0.2, 0.25) is 6.41 Å². The Balaban J connectivity index is 3.21. The molecule has 0 aliphatic heterocycles. The minimum atomic E-state index is 0.326. The fourth-order valence-corrected chi connectivity index (χ4v) is 1.51. The number of nitroso groups, excluding NO2 is 1. The summed E-state index contributed by atoms with van der Waals surface area (Å²) in [5.74, 6) is 0. The first-order valence-corrected chi connectivity index (χ1v) is 4.32. The molecule has 4 nitrogen and oxygen atoms in total. The average molecular weight is 243 g/mol. The second-order valence-electron chi connectivity index (χ2n) is 2.47. The third-order valence-corrected chi connectivity index (χ3v) is 2.25. The zero-order valence-electron chi connectivity index (χ0n) is 6.87. The lowest BCUT2D eigenvalue weighted by Gasteiger charge is -2.04. The molecule has 0 aromatic heterocycles. The maximum Gasteiger partial charge on any atom is 0.211 e. The molecule has 0 fully saturated rings. The van der Waals surface area contributed by atoms with Crippen LogP contribution in [0.5, 0.6) is 0 Å². The molecule has 0 heterocycles. The quantitative estimate of drug-likeness (QED) is 0.655. The van der Waals surface area contributed by atoms with E-state index in [0.29, 0.717) is 17.8 Å². The number of carbonyl (C=O) groups excluding carboxylic acids is 1. The summed E-state index contributed by atoms with van der Waals surface area (Å²) in [6.07, 6.45) is 0.546. The Morgan fingerprint density at radius 3 is 2.77 bits per heavy atom. The minimum Gasteiger partial charge on any atom is -0.328 e. The smallest absolute Gasteiger partial charge is 0.211 e. The molecule has 68 valence electrons. The molecule has 1 rings (SSSR count). The van der Waals surface area contributed by atoms with Crippen LogP contribution >= 0.6 is 15.9 Å². The number of amides is 1. The third-order valence-electron chi connectivity index (χ3n) is 1.60. The Morgan fingerprint density at radius 2 is 2.23 bits per heavy atom. The van der Waals surface area contributed by atoms with Gasteiger partial charge in [0.05, 0.1) is 5.69 Å². The summed E-state index contributed by atoms with van der Waals surface area (Å²) in [7, 11) is 0. The fraction of sp³-hybridized carbons (Fsp3) is 0.125. The van der Waals surface area contributed by atoms with Crippen LogP contribution in [0.15, 0.2) is 21.8 Å². The van der Waals surface area contributed by atoms with Crippen LogP contribution in [0.25, 0.3) is 0 Å². The molecular formula is C8H7BrN2O2. The first-order chi connectivity index (χ1) is 6.19. The van der Waals surface area contributed by atoms with E-state index in [1.54, 1.807) is 13.0 Å². The fourth-order valence-electron chi connectivity index (χ4n) is 0.934. The van der Waals surface area contributed by atoms with Crippen LogP contribution < -0.4 is 5.32 Å². The summed E-state index contributed by atoms with van der Waals surface area (Å²) in [6.45, 7) is 1.77. The second-order valence-corrected chi connectivity index (χ2v) is 3.33. The van der Waals surface area contributed by atoms with E-state index in [9.17, 15) is 9.70 Å². The monoisotopic (exact) mass is 242 g/mol. The van der Waals surface area contributed by atoms with E-state index in [1.807, 2.05) is 0 Å². The summed E-state index contributed by atoms with van der Waals surface area (Å²) in [5, 5.41) is 5.28. The SMILES string of the molecule is Cc1cc(Br)c(NC=O)cc1N=O. The van der Waals surface area contributed by atoms with Gasteiger partial charge in [0, 0.05) is 4.47 Å².